The van der Waals surface area contributed by atoms with Crippen molar-refractivity contribution in [2.45, 2.75) is 31.7 Å². The number of hydrogen-bond acceptors (Lipinski definition) is 5. The van der Waals surface area contributed by atoms with E-state index in [1.165, 1.54) is 21.3 Å². The van der Waals surface area contributed by atoms with E-state index in [9.17, 15) is 9.59 Å². The van der Waals surface area contributed by atoms with E-state index in [-0.39, 0.29) is 17.9 Å². The number of carbonyl (C=O) groups is 2. The summed E-state index contributed by atoms with van der Waals surface area (Å²) in [6.07, 6.45) is 4.37. The van der Waals surface area contributed by atoms with E-state index in [2.05, 4.69) is 10.6 Å². The summed E-state index contributed by atoms with van der Waals surface area (Å²) < 4.78 is 15.9. The van der Waals surface area contributed by atoms with Crippen molar-refractivity contribution >= 4 is 17.5 Å². The molecule has 7 nitrogen and oxygen atoms in total. The molecule has 1 aliphatic carbocycles. The van der Waals surface area contributed by atoms with Gasteiger partial charge in [-0.05, 0) is 37.1 Å². The molecule has 0 heterocycles. The van der Waals surface area contributed by atoms with Crippen LogP contribution in [0.3, 0.4) is 0 Å². The molecule has 1 saturated carbocycles. The first-order valence-corrected chi connectivity index (χ1v) is 9.58. The quantitative estimate of drug-likeness (QED) is 0.744. The van der Waals surface area contributed by atoms with E-state index in [1.54, 1.807) is 36.4 Å². The Labute approximate surface area is 170 Å². The van der Waals surface area contributed by atoms with Crippen molar-refractivity contribution in [3.63, 3.8) is 0 Å². The van der Waals surface area contributed by atoms with Gasteiger partial charge in [-0.1, -0.05) is 12.8 Å². The van der Waals surface area contributed by atoms with Gasteiger partial charge in [0, 0.05) is 35.0 Å². The van der Waals surface area contributed by atoms with Gasteiger partial charge in [-0.3, -0.25) is 9.59 Å². The molecule has 0 radical (unpaired) electrons. The number of benzene rings is 2. The fourth-order valence-corrected chi connectivity index (χ4v) is 3.47. The molecule has 2 amide bonds. The summed E-state index contributed by atoms with van der Waals surface area (Å²) in [5.41, 5.74) is 1.49. The zero-order chi connectivity index (χ0) is 20.8. The number of nitrogens with one attached hydrogen (secondary N) is 2. The normalized spacial score (nSPS) is 13.6. The van der Waals surface area contributed by atoms with Gasteiger partial charge in [0.15, 0.2) is 11.5 Å². The Kier molecular flexibility index (Phi) is 6.59. The van der Waals surface area contributed by atoms with Crippen molar-refractivity contribution in [2.75, 3.05) is 26.6 Å². The number of amides is 2. The van der Waals surface area contributed by atoms with E-state index >= 15 is 0 Å². The number of anilines is 1. The van der Waals surface area contributed by atoms with Crippen LogP contribution in [0, 0.1) is 0 Å². The van der Waals surface area contributed by atoms with Gasteiger partial charge < -0.3 is 24.8 Å². The molecule has 154 valence electrons. The summed E-state index contributed by atoms with van der Waals surface area (Å²) in [5.74, 6) is 0.934. The molecule has 3 rings (SSSR count). The minimum absolute atomic E-state index is 0.103. The summed E-state index contributed by atoms with van der Waals surface area (Å²) in [6, 6.07) is 10.2. The minimum Gasteiger partial charge on any atom is -0.493 e. The van der Waals surface area contributed by atoms with Gasteiger partial charge in [0.05, 0.1) is 21.3 Å². The van der Waals surface area contributed by atoms with Crippen LogP contribution in [0.5, 0.6) is 17.2 Å². The molecule has 1 fully saturated rings. The van der Waals surface area contributed by atoms with Crippen LogP contribution < -0.4 is 24.8 Å². The van der Waals surface area contributed by atoms with Crippen LogP contribution in [0.15, 0.2) is 36.4 Å². The number of hydrogen-bond donors (Lipinski definition) is 2. The molecule has 2 N–H and O–H groups in total. The predicted octanol–water partition coefficient (Wildman–Crippen LogP) is 3.64. The highest BCUT2D eigenvalue weighted by molar-refractivity contribution is 6.05. The van der Waals surface area contributed by atoms with Crippen molar-refractivity contribution in [3.8, 4) is 17.2 Å². The zero-order valence-electron chi connectivity index (χ0n) is 16.9. The molecule has 2 aromatic rings. The summed E-state index contributed by atoms with van der Waals surface area (Å²) in [6.45, 7) is 0. The Hall–Kier alpha value is -3.22. The number of methoxy groups -OCH3 is 3. The number of carbonyl (C=O) groups excluding carboxylic acids is 2. The number of ether oxygens (including phenoxy) is 3. The molecule has 0 aromatic heterocycles. The van der Waals surface area contributed by atoms with Crippen LogP contribution in [0.25, 0.3) is 0 Å². The first-order valence-electron chi connectivity index (χ1n) is 9.58. The van der Waals surface area contributed by atoms with E-state index in [0.717, 1.165) is 25.7 Å². The van der Waals surface area contributed by atoms with E-state index in [4.69, 9.17) is 14.2 Å². The topological polar surface area (TPSA) is 85.9 Å². The van der Waals surface area contributed by atoms with Crippen LogP contribution in [-0.2, 0) is 0 Å². The second-order valence-electron chi connectivity index (χ2n) is 6.90. The van der Waals surface area contributed by atoms with Gasteiger partial charge in [0.25, 0.3) is 11.8 Å². The first-order chi connectivity index (χ1) is 14.0. The summed E-state index contributed by atoms with van der Waals surface area (Å²) in [4.78, 5) is 24.9. The van der Waals surface area contributed by atoms with Crippen molar-refractivity contribution in [1.82, 2.24) is 5.32 Å². The summed E-state index contributed by atoms with van der Waals surface area (Å²) in [5, 5.41) is 5.85. The Morgan fingerprint density at radius 1 is 0.828 bits per heavy atom. The van der Waals surface area contributed by atoms with Crippen molar-refractivity contribution in [1.29, 1.82) is 0 Å². The average Bonchev–Trinajstić information content (AvgIpc) is 3.26. The fourth-order valence-electron chi connectivity index (χ4n) is 3.47. The van der Waals surface area contributed by atoms with Gasteiger partial charge in [0.1, 0.15) is 0 Å². The maximum atomic E-state index is 12.6. The third-order valence-electron chi connectivity index (χ3n) is 5.02. The summed E-state index contributed by atoms with van der Waals surface area (Å²) >= 11 is 0. The lowest BCUT2D eigenvalue weighted by molar-refractivity contribution is 0.0936. The average molecular weight is 398 g/mol. The predicted molar refractivity (Wildman–Crippen MR) is 110 cm³/mol. The lowest BCUT2D eigenvalue weighted by atomic mass is 10.1. The van der Waals surface area contributed by atoms with Gasteiger partial charge >= 0.3 is 0 Å². The maximum Gasteiger partial charge on any atom is 0.255 e. The Bertz CT molecular complexity index is 848. The van der Waals surface area contributed by atoms with Gasteiger partial charge in [0.2, 0.25) is 5.75 Å². The highest BCUT2D eigenvalue weighted by atomic mass is 16.5. The van der Waals surface area contributed by atoms with Crippen LogP contribution >= 0.6 is 0 Å². The Morgan fingerprint density at radius 2 is 1.34 bits per heavy atom. The molecular formula is C22H26N2O5. The molecule has 1 aliphatic rings. The van der Waals surface area contributed by atoms with E-state index in [0.29, 0.717) is 34.1 Å². The Morgan fingerprint density at radius 3 is 1.83 bits per heavy atom. The second-order valence-corrected chi connectivity index (χ2v) is 6.90. The molecular weight excluding hydrogens is 372 g/mol. The van der Waals surface area contributed by atoms with Gasteiger partial charge in [-0.25, -0.2) is 0 Å². The highest BCUT2D eigenvalue weighted by Crippen LogP contribution is 2.40. The van der Waals surface area contributed by atoms with Crippen molar-refractivity contribution < 1.29 is 23.8 Å². The van der Waals surface area contributed by atoms with Gasteiger partial charge in [-0.15, -0.1) is 0 Å². The molecule has 7 heteroatoms. The SMILES string of the molecule is COc1cc(NC(=O)c2ccc(C(=O)NC3CCCC3)cc2)cc(OC)c1OC. The number of rotatable bonds is 7. The second kappa shape index (κ2) is 9.32. The highest BCUT2D eigenvalue weighted by Gasteiger charge is 2.19. The lowest BCUT2D eigenvalue weighted by Gasteiger charge is -2.15. The molecule has 0 spiro atoms. The largest absolute Gasteiger partial charge is 0.493 e. The van der Waals surface area contributed by atoms with Crippen LogP contribution in [0.1, 0.15) is 46.4 Å². The van der Waals surface area contributed by atoms with Gasteiger partial charge in [-0.2, -0.15) is 0 Å². The zero-order valence-corrected chi connectivity index (χ0v) is 16.9. The third-order valence-corrected chi connectivity index (χ3v) is 5.02. The van der Waals surface area contributed by atoms with Crippen LogP contribution in [-0.4, -0.2) is 39.2 Å². The standard InChI is InChI=1S/C22H26N2O5/c1-27-18-12-17(13-19(28-2)20(18)29-3)24-22(26)15-10-8-14(9-11-15)21(25)23-16-6-4-5-7-16/h8-13,16H,4-7H2,1-3H3,(H,23,25)(H,24,26). The van der Waals surface area contributed by atoms with Crippen molar-refractivity contribution in [2.24, 2.45) is 0 Å². The van der Waals surface area contributed by atoms with E-state index < -0.39 is 0 Å². The molecule has 29 heavy (non-hydrogen) atoms. The van der Waals surface area contributed by atoms with Crippen LogP contribution in [0.2, 0.25) is 0 Å². The summed E-state index contributed by atoms with van der Waals surface area (Å²) in [7, 11) is 4.54. The molecule has 0 saturated heterocycles. The van der Waals surface area contributed by atoms with E-state index in [1.807, 2.05) is 0 Å². The first kappa shape index (κ1) is 20.5. The van der Waals surface area contributed by atoms with Crippen LogP contribution in [0.4, 0.5) is 5.69 Å². The molecule has 0 unspecified atom stereocenters. The fraction of sp³-hybridized carbons (Fsp3) is 0.364. The van der Waals surface area contributed by atoms with Crippen molar-refractivity contribution in [3.05, 3.63) is 47.5 Å². The minimum atomic E-state index is -0.304. The lowest BCUT2D eigenvalue weighted by Crippen LogP contribution is -2.32. The maximum absolute atomic E-state index is 12.6. The third kappa shape index (κ3) is 4.80. The smallest absolute Gasteiger partial charge is 0.255 e. The Balaban J connectivity index is 1.70. The monoisotopic (exact) mass is 398 g/mol. The molecule has 0 atom stereocenters. The molecule has 2 aromatic carbocycles. The molecule has 0 aliphatic heterocycles. The molecule has 0 bridgehead atoms.